The molecule has 0 saturated carbocycles. The summed E-state index contributed by atoms with van der Waals surface area (Å²) in [4.78, 5) is 33.8. The highest BCUT2D eigenvalue weighted by atomic mass is 16.5. The molecule has 0 saturated heterocycles. The fraction of sp³-hybridized carbons (Fsp3) is 0.357. The Morgan fingerprint density at radius 2 is 1.90 bits per heavy atom. The largest absolute Gasteiger partial charge is 0.480 e. The Bertz CT molecular complexity index is 516. The number of aliphatic carboxylic acids is 1. The molecule has 0 aliphatic heterocycles. The first kappa shape index (κ1) is 16.6. The van der Waals surface area contributed by atoms with Crippen LogP contribution >= 0.6 is 0 Å². The average Bonchev–Trinajstić information content (AvgIpc) is 2.45. The number of carboxylic acid groups (broad SMARTS) is 1. The molecule has 0 radical (unpaired) electrons. The van der Waals surface area contributed by atoms with E-state index in [1.54, 1.807) is 24.3 Å². The van der Waals surface area contributed by atoms with E-state index in [4.69, 9.17) is 5.11 Å². The van der Waals surface area contributed by atoms with Crippen LogP contribution in [0.15, 0.2) is 24.3 Å². The summed E-state index contributed by atoms with van der Waals surface area (Å²) in [6.45, 7) is 1.54. The van der Waals surface area contributed by atoms with Crippen LogP contribution in [0.25, 0.3) is 0 Å². The van der Waals surface area contributed by atoms with Crippen LogP contribution in [0.1, 0.15) is 23.7 Å². The van der Waals surface area contributed by atoms with Gasteiger partial charge in [-0.25, -0.2) is 4.79 Å². The van der Waals surface area contributed by atoms with Crippen molar-refractivity contribution in [3.63, 3.8) is 0 Å². The number of para-hydroxylation sites is 1. The summed E-state index contributed by atoms with van der Waals surface area (Å²) in [6, 6.07) is 6.57. The third kappa shape index (κ3) is 6.05. The third-order valence-electron chi connectivity index (χ3n) is 2.44. The van der Waals surface area contributed by atoms with Crippen LogP contribution in [-0.2, 0) is 14.3 Å². The van der Waals surface area contributed by atoms with Crippen molar-refractivity contribution in [2.45, 2.75) is 13.3 Å². The van der Waals surface area contributed by atoms with Crippen molar-refractivity contribution in [3.05, 3.63) is 29.8 Å². The number of nitrogens with one attached hydrogen (secondary N) is 2. The lowest BCUT2D eigenvalue weighted by Crippen LogP contribution is -2.27. The molecule has 21 heavy (non-hydrogen) atoms. The monoisotopic (exact) mass is 294 g/mol. The number of carbonyl (C=O) groups is 3. The van der Waals surface area contributed by atoms with Crippen molar-refractivity contribution in [1.82, 2.24) is 5.32 Å². The molecular weight excluding hydrogens is 276 g/mol. The molecule has 0 fully saturated rings. The maximum Gasteiger partial charge on any atom is 0.329 e. The number of hydrogen-bond donors (Lipinski definition) is 3. The Balaban J connectivity index is 2.64. The van der Waals surface area contributed by atoms with Gasteiger partial charge in [0.25, 0.3) is 5.91 Å². The van der Waals surface area contributed by atoms with Crippen molar-refractivity contribution < 1.29 is 24.2 Å². The van der Waals surface area contributed by atoms with Gasteiger partial charge in [0, 0.05) is 6.54 Å². The standard InChI is InChI=1S/C14H18N2O5/c1-2-7-15-14(20)10-5-3-4-6-11(10)16-12(17)8-21-9-13(18)19/h3-6H,2,7-9H2,1H3,(H,15,20)(H,16,17)(H,18,19). The van der Waals surface area contributed by atoms with Crippen LogP contribution in [0.3, 0.4) is 0 Å². The quantitative estimate of drug-likeness (QED) is 0.659. The molecule has 1 aromatic carbocycles. The summed E-state index contributed by atoms with van der Waals surface area (Å²) >= 11 is 0. The number of anilines is 1. The van der Waals surface area contributed by atoms with E-state index in [1.807, 2.05) is 6.92 Å². The minimum Gasteiger partial charge on any atom is -0.480 e. The zero-order valence-electron chi connectivity index (χ0n) is 11.7. The van der Waals surface area contributed by atoms with Gasteiger partial charge in [-0.2, -0.15) is 0 Å². The van der Waals surface area contributed by atoms with E-state index in [-0.39, 0.29) is 5.91 Å². The number of benzene rings is 1. The average molecular weight is 294 g/mol. The number of carbonyl (C=O) groups excluding carboxylic acids is 2. The highest BCUT2D eigenvalue weighted by Crippen LogP contribution is 2.14. The van der Waals surface area contributed by atoms with Gasteiger partial charge in [0.1, 0.15) is 13.2 Å². The number of ether oxygens (including phenoxy) is 1. The second kappa shape index (κ2) is 8.70. The van der Waals surface area contributed by atoms with Crippen LogP contribution < -0.4 is 10.6 Å². The predicted molar refractivity (Wildman–Crippen MR) is 76.2 cm³/mol. The summed E-state index contributed by atoms with van der Waals surface area (Å²) in [5.74, 6) is -1.95. The second-order valence-electron chi connectivity index (χ2n) is 4.24. The molecule has 0 bridgehead atoms. The lowest BCUT2D eigenvalue weighted by atomic mass is 10.1. The van der Waals surface area contributed by atoms with E-state index in [2.05, 4.69) is 15.4 Å². The Morgan fingerprint density at radius 3 is 2.57 bits per heavy atom. The first-order chi connectivity index (χ1) is 10.0. The highest BCUT2D eigenvalue weighted by molar-refractivity contribution is 6.03. The fourth-order valence-electron chi connectivity index (χ4n) is 1.54. The predicted octanol–water partition coefficient (Wildman–Crippen LogP) is 0.866. The molecule has 7 nitrogen and oxygen atoms in total. The Hall–Kier alpha value is -2.41. The van der Waals surface area contributed by atoms with Crippen LogP contribution in [0.4, 0.5) is 5.69 Å². The summed E-state index contributed by atoms with van der Waals surface area (Å²) in [6.07, 6.45) is 0.809. The van der Waals surface area contributed by atoms with Crippen molar-refractivity contribution in [1.29, 1.82) is 0 Å². The van der Waals surface area contributed by atoms with E-state index in [0.29, 0.717) is 17.8 Å². The van der Waals surface area contributed by atoms with Crippen LogP contribution in [-0.4, -0.2) is 42.6 Å². The van der Waals surface area contributed by atoms with Gasteiger partial charge in [-0.15, -0.1) is 0 Å². The SMILES string of the molecule is CCCNC(=O)c1ccccc1NC(=O)COCC(=O)O. The lowest BCUT2D eigenvalue weighted by molar-refractivity contribution is -0.143. The van der Waals surface area contributed by atoms with E-state index in [0.717, 1.165) is 6.42 Å². The lowest BCUT2D eigenvalue weighted by Gasteiger charge is -2.11. The zero-order valence-corrected chi connectivity index (χ0v) is 11.7. The minimum atomic E-state index is -1.15. The summed E-state index contributed by atoms with van der Waals surface area (Å²) in [7, 11) is 0. The number of carboxylic acids is 1. The first-order valence-corrected chi connectivity index (χ1v) is 6.51. The van der Waals surface area contributed by atoms with Crippen molar-refractivity contribution in [2.75, 3.05) is 25.1 Å². The van der Waals surface area contributed by atoms with E-state index < -0.39 is 25.1 Å². The van der Waals surface area contributed by atoms with Gasteiger partial charge in [0.15, 0.2) is 0 Å². The van der Waals surface area contributed by atoms with Gasteiger partial charge in [-0.05, 0) is 18.6 Å². The van der Waals surface area contributed by atoms with Crippen molar-refractivity contribution >= 4 is 23.5 Å². The molecule has 0 unspecified atom stereocenters. The molecule has 0 heterocycles. The van der Waals surface area contributed by atoms with Gasteiger partial charge >= 0.3 is 5.97 Å². The molecule has 2 amide bonds. The van der Waals surface area contributed by atoms with Gasteiger partial charge in [0.05, 0.1) is 11.3 Å². The van der Waals surface area contributed by atoms with Gasteiger partial charge in [-0.1, -0.05) is 19.1 Å². The van der Waals surface area contributed by atoms with Gasteiger partial charge in [0.2, 0.25) is 5.91 Å². The normalized spacial score (nSPS) is 9.95. The number of amides is 2. The van der Waals surface area contributed by atoms with Gasteiger partial charge < -0.3 is 20.5 Å². The van der Waals surface area contributed by atoms with E-state index >= 15 is 0 Å². The molecular formula is C14H18N2O5. The topological polar surface area (TPSA) is 105 Å². The summed E-state index contributed by atoms with van der Waals surface area (Å²) in [5.41, 5.74) is 0.701. The van der Waals surface area contributed by atoms with Crippen molar-refractivity contribution in [3.8, 4) is 0 Å². The number of hydrogen-bond acceptors (Lipinski definition) is 4. The Morgan fingerprint density at radius 1 is 1.19 bits per heavy atom. The molecule has 0 aromatic heterocycles. The van der Waals surface area contributed by atoms with E-state index in [9.17, 15) is 14.4 Å². The summed E-state index contributed by atoms with van der Waals surface area (Å²) in [5, 5.41) is 13.7. The van der Waals surface area contributed by atoms with Crippen LogP contribution in [0, 0.1) is 0 Å². The Kier molecular flexibility index (Phi) is 6.90. The molecule has 1 aromatic rings. The van der Waals surface area contributed by atoms with Gasteiger partial charge in [-0.3, -0.25) is 9.59 Å². The fourth-order valence-corrected chi connectivity index (χ4v) is 1.54. The molecule has 0 spiro atoms. The maximum absolute atomic E-state index is 11.9. The minimum absolute atomic E-state index is 0.279. The molecule has 7 heteroatoms. The summed E-state index contributed by atoms with van der Waals surface area (Å²) < 4.78 is 4.68. The maximum atomic E-state index is 11.9. The van der Waals surface area contributed by atoms with Crippen molar-refractivity contribution in [2.24, 2.45) is 0 Å². The first-order valence-electron chi connectivity index (χ1n) is 6.51. The van der Waals surface area contributed by atoms with Crippen LogP contribution in [0.5, 0.6) is 0 Å². The highest BCUT2D eigenvalue weighted by Gasteiger charge is 2.12. The molecule has 0 aliphatic rings. The smallest absolute Gasteiger partial charge is 0.329 e. The molecule has 1 rings (SSSR count). The molecule has 0 atom stereocenters. The molecule has 0 aliphatic carbocycles. The second-order valence-corrected chi connectivity index (χ2v) is 4.24. The Labute approximate surface area is 122 Å². The van der Waals surface area contributed by atoms with E-state index in [1.165, 1.54) is 0 Å². The van der Waals surface area contributed by atoms with Crippen LogP contribution in [0.2, 0.25) is 0 Å². The molecule has 114 valence electrons. The zero-order chi connectivity index (χ0) is 15.7. The number of rotatable bonds is 8. The third-order valence-corrected chi connectivity index (χ3v) is 2.44. The molecule has 3 N–H and O–H groups in total.